The second-order valence-electron chi connectivity index (χ2n) is 4.20. The van der Waals surface area contributed by atoms with Crippen LogP contribution in [0.25, 0.3) is 0 Å². The first-order valence-electron chi connectivity index (χ1n) is 5.55. The van der Waals surface area contributed by atoms with E-state index in [1.54, 1.807) is 11.3 Å². The van der Waals surface area contributed by atoms with Gasteiger partial charge in [-0.3, -0.25) is 0 Å². The molecule has 0 saturated carbocycles. The molecular formula is C11H17BrN2S. The van der Waals surface area contributed by atoms with Gasteiger partial charge in [0.1, 0.15) is 0 Å². The minimum absolute atomic E-state index is 0.671. The van der Waals surface area contributed by atoms with E-state index in [9.17, 15) is 0 Å². The SMILES string of the molecule is CC(CBr)C1CCCCN1c1nccs1. The number of alkyl halides is 1. The second kappa shape index (κ2) is 5.30. The Morgan fingerprint density at radius 1 is 1.67 bits per heavy atom. The molecule has 2 nitrogen and oxygen atoms in total. The third-order valence-electron chi connectivity index (χ3n) is 3.11. The fraction of sp³-hybridized carbons (Fsp3) is 0.727. The molecule has 0 radical (unpaired) electrons. The summed E-state index contributed by atoms with van der Waals surface area (Å²) in [6.45, 7) is 3.50. The van der Waals surface area contributed by atoms with Crippen molar-refractivity contribution in [2.24, 2.45) is 5.92 Å². The third kappa shape index (κ3) is 2.53. The van der Waals surface area contributed by atoms with Gasteiger partial charge in [0.15, 0.2) is 5.13 Å². The van der Waals surface area contributed by atoms with Crippen molar-refractivity contribution in [1.29, 1.82) is 0 Å². The van der Waals surface area contributed by atoms with Crippen LogP contribution in [0.3, 0.4) is 0 Å². The summed E-state index contributed by atoms with van der Waals surface area (Å²) in [6.07, 6.45) is 5.89. The summed E-state index contributed by atoms with van der Waals surface area (Å²) >= 11 is 5.36. The maximum Gasteiger partial charge on any atom is 0.185 e. The maximum atomic E-state index is 4.44. The number of anilines is 1. The molecule has 4 heteroatoms. The number of rotatable bonds is 3. The number of aromatic nitrogens is 1. The van der Waals surface area contributed by atoms with Crippen LogP contribution < -0.4 is 4.90 Å². The van der Waals surface area contributed by atoms with Crippen LogP contribution in [-0.4, -0.2) is 22.9 Å². The highest BCUT2D eigenvalue weighted by atomic mass is 79.9. The summed E-state index contributed by atoms with van der Waals surface area (Å²) in [5, 5.41) is 4.35. The molecule has 2 heterocycles. The molecule has 0 aliphatic carbocycles. The lowest BCUT2D eigenvalue weighted by atomic mass is 9.93. The molecule has 15 heavy (non-hydrogen) atoms. The van der Waals surface area contributed by atoms with Gasteiger partial charge in [0, 0.05) is 29.5 Å². The molecule has 2 rings (SSSR count). The van der Waals surface area contributed by atoms with Crippen molar-refractivity contribution in [3.8, 4) is 0 Å². The van der Waals surface area contributed by atoms with Crippen LogP contribution >= 0.6 is 27.3 Å². The number of nitrogens with zero attached hydrogens (tertiary/aromatic N) is 2. The van der Waals surface area contributed by atoms with Gasteiger partial charge >= 0.3 is 0 Å². The highest BCUT2D eigenvalue weighted by Crippen LogP contribution is 2.30. The lowest BCUT2D eigenvalue weighted by molar-refractivity contribution is 0.380. The molecular weight excluding hydrogens is 272 g/mol. The van der Waals surface area contributed by atoms with E-state index in [-0.39, 0.29) is 0 Å². The zero-order valence-electron chi connectivity index (χ0n) is 9.03. The molecule has 0 N–H and O–H groups in total. The standard InChI is InChI=1S/C11H17BrN2S/c1-9(8-12)10-4-2-3-6-14(10)11-13-5-7-15-11/h5,7,9-10H,2-4,6,8H2,1H3. The van der Waals surface area contributed by atoms with Crippen LogP contribution in [0.5, 0.6) is 0 Å². The third-order valence-corrected chi connectivity index (χ3v) is 4.94. The zero-order valence-corrected chi connectivity index (χ0v) is 11.4. The van der Waals surface area contributed by atoms with Gasteiger partial charge in [0.25, 0.3) is 0 Å². The second-order valence-corrected chi connectivity index (χ2v) is 5.72. The highest BCUT2D eigenvalue weighted by molar-refractivity contribution is 9.09. The lowest BCUT2D eigenvalue weighted by Gasteiger charge is -2.38. The van der Waals surface area contributed by atoms with Crippen LogP contribution in [0.2, 0.25) is 0 Å². The van der Waals surface area contributed by atoms with Crippen molar-refractivity contribution in [3.63, 3.8) is 0 Å². The molecule has 2 unspecified atom stereocenters. The molecule has 0 bridgehead atoms. The van der Waals surface area contributed by atoms with Gasteiger partial charge in [0.2, 0.25) is 0 Å². The minimum Gasteiger partial charge on any atom is -0.345 e. The Hall–Kier alpha value is -0.0900. The Morgan fingerprint density at radius 2 is 2.53 bits per heavy atom. The number of hydrogen-bond donors (Lipinski definition) is 0. The number of halogens is 1. The summed E-state index contributed by atoms with van der Waals surface area (Å²) in [6, 6.07) is 0.671. The van der Waals surface area contributed by atoms with Crippen molar-refractivity contribution in [2.75, 3.05) is 16.8 Å². The van der Waals surface area contributed by atoms with Crippen molar-refractivity contribution in [1.82, 2.24) is 4.98 Å². The van der Waals surface area contributed by atoms with Crippen LogP contribution in [0, 0.1) is 5.92 Å². The molecule has 1 saturated heterocycles. The first-order valence-corrected chi connectivity index (χ1v) is 7.55. The normalized spacial score (nSPS) is 24.1. The van der Waals surface area contributed by atoms with E-state index < -0.39 is 0 Å². The molecule has 0 aromatic carbocycles. The highest BCUT2D eigenvalue weighted by Gasteiger charge is 2.27. The summed E-state index contributed by atoms with van der Waals surface area (Å²) in [4.78, 5) is 6.94. The average molecular weight is 289 g/mol. The molecule has 0 amide bonds. The van der Waals surface area contributed by atoms with E-state index in [0.29, 0.717) is 12.0 Å². The van der Waals surface area contributed by atoms with Gasteiger partial charge in [-0.2, -0.15) is 0 Å². The Labute approximate surface area is 104 Å². The number of thiazole rings is 1. The van der Waals surface area contributed by atoms with Crippen LogP contribution in [0.1, 0.15) is 26.2 Å². The fourth-order valence-corrected chi connectivity index (χ4v) is 3.41. The van der Waals surface area contributed by atoms with Gasteiger partial charge in [-0.05, 0) is 25.2 Å². The predicted molar refractivity (Wildman–Crippen MR) is 70.1 cm³/mol. The predicted octanol–water partition coefficient (Wildman–Crippen LogP) is 3.53. The van der Waals surface area contributed by atoms with Gasteiger partial charge in [0.05, 0.1) is 0 Å². The van der Waals surface area contributed by atoms with Crippen LogP contribution in [0.15, 0.2) is 11.6 Å². The number of hydrogen-bond acceptors (Lipinski definition) is 3. The van der Waals surface area contributed by atoms with E-state index in [4.69, 9.17) is 0 Å². The Balaban J connectivity index is 2.12. The Bertz CT molecular complexity index is 289. The largest absolute Gasteiger partial charge is 0.345 e. The summed E-state index contributed by atoms with van der Waals surface area (Å²) in [7, 11) is 0. The smallest absolute Gasteiger partial charge is 0.185 e. The summed E-state index contributed by atoms with van der Waals surface area (Å²) in [5.74, 6) is 0.703. The van der Waals surface area contributed by atoms with Crippen molar-refractivity contribution in [3.05, 3.63) is 11.6 Å². The molecule has 0 spiro atoms. The summed E-state index contributed by atoms with van der Waals surface area (Å²) < 4.78 is 0. The minimum atomic E-state index is 0.671. The van der Waals surface area contributed by atoms with Crippen molar-refractivity contribution >= 4 is 32.4 Å². The van der Waals surface area contributed by atoms with Crippen LogP contribution in [0.4, 0.5) is 5.13 Å². The van der Waals surface area contributed by atoms with Crippen LogP contribution in [-0.2, 0) is 0 Å². The Kier molecular flexibility index (Phi) is 4.03. The topological polar surface area (TPSA) is 16.1 Å². The Morgan fingerprint density at radius 3 is 3.20 bits per heavy atom. The quantitative estimate of drug-likeness (QED) is 0.791. The molecule has 84 valence electrons. The van der Waals surface area contributed by atoms with E-state index in [0.717, 1.165) is 5.33 Å². The molecule has 2 atom stereocenters. The number of piperidine rings is 1. The van der Waals surface area contributed by atoms with Gasteiger partial charge in [-0.15, -0.1) is 11.3 Å². The van der Waals surface area contributed by atoms with Crippen molar-refractivity contribution < 1.29 is 0 Å². The molecule has 1 aromatic rings. The van der Waals surface area contributed by atoms with E-state index in [2.05, 4.69) is 38.1 Å². The van der Waals surface area contributed by atoms with E-state index in [1.807, 2.05) is 6.20 Å². The lowest BCUT2D eigenvalue weighted by Crippen LogP contribution is -2.44. The monoisotopic (exact) mass is 288 g/mol. The van der Waals surface area contributed by atoms with E-state index >= 15 is 0 Å². The maximum absolute atomic E-state index is 4.44. The molecule has 1 fully saturated rings. The summed E-state index contributed by atoms with van der Waals surface area (Å²) in [5.41, 5.74) is 0. The van der Waals surface area contributed by atoms with Crippen molar-refractivity contribution in [2.45, 2.75) is 32.2 Å². The average Bonchev–Trinajstić information content (AvgIpc) is 2.81. The first-order chi connectivity index (χ1) is 7.33. The van der Waals surface area contributed by atoms with Gasteiger partial charge in [-0.25, -0.2) is 4.98 Å². The van der Waals surface area contributed by atoms with Gasteiger partial charge < -0.3 is 4.90 Å². The van der Waals surface area contributed by atoms with E-state index in [1.165, 1.54) is 30.9 Å². The van der Waals surface area contributed by atoms with Gasteiger partial charge in [-0.1, -0.05) is 22.9 Å². The molecule has 1 aliphatic rings. The zero-order chi connectivity index (χ0) is 10.7. The first kappa shape index (κ1) is 11.4. The molecule has 1 aromatic heterocycles. The molecule has 1 aliphatic heterocycles. The fourth-order valence-electron chi connectivity index (χ4n) is 2.25.